The van der Waals surface area contributed by atoms with Gasteiger partial charge in [-0.15, -0.1) is 11.3 Å². The van der Waals surface area contributed by atoms with Crippen LogP contribution in [-0.2, 0) is 5.41 Å². The summed E-state index contributed by atoms with van der Waals surface area (Å²) < 4.78 is 2.54. The second-order valence-corrected chi connectivity index (χ2v) is 14.6. The maximum atomic E-state index is 4.99. The summed E-state index contributed by atoms with van der Waals surface area (Å²) in [5.74, 6) is 2.04. The highest BCUT2D eigenvalue weighted by Gasteiger charge is 2.45. The molecule has 0 atom stereocenters. The van der Waals surface area contributed by atoms with E-state index >= 15 is 0 Å². The van der Waals surface area contributed by atoms with Gasteiger partial charge in [-0.05, 0) is 58.4 Å². The largest absolute Gasteiger partial charge is 0.208 e. The molecule has 49 heavy (non-hydrogen) atoms. The van der Waals surface area contributed by atoms with Crippen LogP contribution in [-0.4, -0.2) is 15.0 Å². The second kappa shape index (κ2) is 11.3. The molecule has 234 valence electrons. The first-order valence-corrected chi connectivity index (χ1v) is 18.1. The van der Waals surface area contributed by atoms with Crippen molar-refractivity contribution >= 4 is 31.5 Å². The summed E-state index contributed by atoms with van der Waals surface area (Å²) in [6.07, 6.45) is 6.39. The van der Waals surface area contributed by atoms with Crippen molar-refractivity contribution in [2.45, 2.75) is 37.5 Å². The summed E-state index contributed by atoms with van der Waals surface area (Å²) in [5.41, 5.74) is 11.7. The fraction of sp³-hybridized carbons (Fsp3) is 0.133. The van der Waals surface area contributed by atoms with Crippen LogP contribution in [0.1, 0.15) is 43.2 Å². The third-order valence-corrected chi connectivity index (χ3v) is 11.8. The van der Waals surface area contributed by atoms with E-state index in [1.807, 2.05) is 47.7 Å². The van der Waals surface area contributed by atoms with Gasteiger partial charge in [0.05, 0.1) is 0 Å². The average Bonchev–Trinajstić information content (AvgIpc) is 3.68. The van der Waals surface area contributed by atoms with Gasteiger partial charge in [0, 0.05) is 42.3 Å². The fourth-order valence-corrected chi connectivity index (χ4v) is 9.68. The van der Waals surface area contributed by atoms with Crippen LogP contribution in [0.25, 0.3) is 76.6 Å². The van der Waals surface area contributed by atoms with Gasteiger partial charge in [0.2, 0.25) is 0 Å². The highest BCUT2D eigenvalue weighted by molar-refractivity contribution is 7.25. The predicted octanol–water partition coefficient (Wildman–Crippen LogP) is 12.1. The molecule has 3 nitrogen and oxygen atoms in total. The first-order chi connectivity index (χ1) is 24.2. The molecule has 0 saturated heterocycles. The van der Waals surface area contributed by atoms with E-state index in [1.54, 1.807) is 5.56 Å². The molecule has 1 saturated carbocycles. The van der Waals surface area contributed by atoms with Crippen LogP contribution in [0.5, 0.6) is 0 Å². The minimum absolute atomic E-state index is 0.118. The molecule has 8 aromatic rings. The Morgan fingerprint density at radius 3 is 1.63 bits per heavy atom. The second-order valence-electron chi connectivity index (χ2n) is 13.5. The third-order valence-electron chi connectivity index (χ3n) is 10.7. The van der Waals surface area contributed by atoms with Crippen LogP contribution in [0.15, 0.2) is 140 Å². The molecule has 10 rings (SSSR count). The molecule has 1 spiro atoms. The number of rotatable bonds is 4. The van der Waals surface area contributed by atoms with Gasteiger partial charge in [-0.25, -0.2) is 15.0 Å². The number of nitrogens with zero attached hydrogens (tertiary/aromatic N) is 3. The average molecular weight is 648 g/mol. The molecule has 2 aliphatic carbocycles. The van der Waals surface area contributed by atoms with Crippen LogP contribution in [0.4, 0.5) is 0 Å². The molecule has 0 amide bonds. The van der Waals surface area contributed by atoms with Crippen molar-refractivity contribution in [2.24, 2.45) is 0 Å². The lowest BCUT2D eigenvalue weighted by Gasteiger charge is -2.37. The molecule has 6 aromatic carbocycles. The number of aromatic nitrogens is 3. The van der Waals surface area contributed by atoms with E-state index in [0.29, 0.717) is 17.5 Å². The van der Waals surface area contributed by atoms with Gasteiger partial charge < -0.3 is 0 Å². The van der Waals surface area contributed by atoms with Crippen LogP contribution in [0.2, 0.25) is 0 Å². The van der Waals surface area contributed by atoms with E-state index in [0.717, 1.165) is 16.7 Å². The topological polar surface area (TPSA) is 38.7 Å². The summed E-state index contributed by atoms with van der Waals surface area (Å²) >= 11 is 1.86. The Morgan fingerprint density at radius 1 is 0.429 bits per heavy atom. The molecular formula is C45H33N3S. The Morgan fingerprint density at radius 2 is 0.959 bits per heavy atom. The standard InChI is InChI=1S/C45H33N3S/c1-4-13-29(14-5-1)42-46-43(30-15-6-2-7-16-30)48-44(47-42)32-22-24-36-35-23-21-31(27-39(35)49-40(36)28-32)33-18-12-19-37-34-17-8-9-20-38(34)45(41(33)37)25-10-3-11-26-45/h1-2,4-9,12-24,27-28H,3,10-11,25-26H2. The summed E-state index contributed by atoms with van der Waals surface area (Å²) in [7, 11) is 0. The highest BCUT2D eigenvalue weighted by atomic mass is 32.1. The van der Waals surface area contributed by atoms with Crippen molar-refractivity contribution < 1.29 is 0 Å². The summed E-state index contributed by atoms with van der Waals surface area (Å²) in [6.45, 7) is 0. The molecule has 2 heterocycles. The lowest BCUT2D eigenvalue weighted by Crippen LogP contribution is -2.28. The maximum absolute atomic E-state index is 4.99. The number of thiophene rings is 1. The van der Waals surface area contributed by atoms with E-state index in [9.17, 15) is 0 Å². The highest BCUT2D eigenvalue weighted by Crippen LogP contribution is 2.58. The normalized spacial score (nSPS) is 14.7. The number of fused-ring (bicyclic) bond motifs is 8. The van der Waals surface area contributed by atoms with E-state index in [-0.39, 0.29) is 5.41 Å². The Bertz CT molecular complexity index is 2470. The SMILES string of the molecule is c1ccc(-c2nc(-c3ccccc3)nc(-c3ccc4c(c3)sc3cc(-c5cccc6c5C5(CCCCC5)c5ccccc5-6)ccc34)n2)cc1. The Hall–Kier alpha value is -5.45. The van der Waals surface area contributed by atoms with E-state index in [4.69, 9.17) is 15.0 Å². The Labute approximate surface area is 290 Å². The maximum Gasteiger partial charge on any atom is 0.164 e. The molecule has 2 aromatic heterocycles. The molecule has 0 bridgehead atoms. The lowest BCUT2D eigenvalue weighted by atomic mass is 9.66. The zero-order chi connectivity index (χ0) is 32.4. The van der Waals surface area contributed by atoms with Crippen LogP contribution >= 0.6 is 11.3 Å². The summed E-state index contributed by atoms with van der Waals surface area (Å²) in [4.78, 5) is 14.9. The summed E-state index contributed by atoms with van der Waals surface area (Å²) in [6, 6.07) is 50.3. The molecule has 0 N–H and O–H groups in total. The first-order valence-electron chi connectivity index (χ1n) is 17.3. The smallest absolute Gasteiger partial charge is 0.164 e. The molecule has 0 aliphatic heterocycles. The van der Waals surface area contributed by atoms with Gasteiger partial charge >= 0.3 is 0 Å². The zero-order valence-electron chi connectivity index (χ0n) is 27.1. The minimum Gasteiger partial charge on any atom is -0.208 e. The quantitative estimate of drug-likeness (QED) is 0.191. The van der Waals surface area contributed by atoms with Crippen molar-refractivity contribution in [3.63, 3.8) is 0 Å². The van der Waals surface area contributed by atoms with Crippen LogP contribution < -0.4 is 0 Å². The lowest BCUT2D eigenvalue weighted by molar-refractivity contribution is 0.353. The van der Waals surface area contributed by atoms with E-state index in [2.05, 4.69) is 103 Å². The van der Waals surface area contributed by atoms with Crippen molar-refractivity contribution in [2.75, 3.05) is 0 Å². The molecule has 4 heteroatoms. The van der Waals surface area contributed by atoms with Crippen molar-refractivity contribution in [3.8, 4) is 56.4 Å². The van der Waals surface area contributed by atoms with E-state index < -0.39 is 0 Å². The number of hydrogen-bond acceptors (Lipinski definition) is 4. The first kappa shape index (κ1) is 28.6. The fourth-order valence-electron chi connectivity index (χ4n) is 8.50. The van der Waals surface area contributed by atoms with Crippen LogP contribution in [0, 0.1) is 0 Å². The minimum atomic E-state index is 0.118. The van der Waals surface area contributed by atoms with Crippen molar-refractivity contribution in [1.29, 1.82) is 0 Å². The monoisotopic (exact) mass is 647 g/mol. The molecule has 2 aliphatic rings. The Balaban J connectivity index is 1.09. The van der Waals surface area contributed by atoms with Gasteiger partial charge in [0.15, 0.2) is 17.5 Å². The Kier molecular flexibility index (Phi) is 6.60. The molecular weight excluding hydrogens is 615 g/mol. The number of hydrogen-bond donors (Lipinski definition) is 0. The molecule has 0 radical (unpaired) electrons. The van der Waals surface area contributed by atoms with Crippen molar-refractivity contribution in [3.05, 3.63) is 151 Å². The molecule has 0 unspecified atom stereocenters. The zero-order valence-corrected chi connectivity index (χ0v) is 27.9. The van der Waals surface area contributed by atoms with Gasteiger partial charge in [0.1, 0.15) is 0 Å². The molecule has 1 fully saturated rings. The third kappa shape index (κ3) is 4.58. The van der Waals surface area contributed by atoms with Crippen molar-refractivity contribution in [1.82, 2.24) is 15.0 Å². The van der Waals surface area contributed by atoms with Gasteiger partial charge in [-0.3, -0.25) is 0 Å². The van der Waals surface area contributed by atoms with Gasteiger partial charge in [-0.2, -0.15) is 0 Å². The van der Waals surface area contributed by atoms with Gasteiger partial charge in [-0.1, -0.05) is 147 Å². The number of benzene rings is 6. The predicted molar refractivity (Wildman–Crippen MR) is 204 cm³/mol. The van der Waals surface area contributed by atoms with Crippen LogP contribution in [0.3, 0.4) is 0 Å². The van der Waals surface area contributed by atoms with Gasteiger partial charge in [0.25, 0.3) is 0 Å². The van der Waals surface area contributed by atoms with E-state index in [1.165, 1.54) is 80.1 Å². The summed E-state index contributed by atoms with van der Waals surface area (Å²) in [5, 5.41) is 2.56.